The molecule has 0 atom stereocenters. The summed E-state index contributed by atoms with van der Waals surface area (Å²) in [7, 11) is -0.157. The summed E-state index contributed by atoms with van der Waals surface area (Å²) in [6.07, 6.45) is 0. The Balaban J connectivity index is 2.10. The van der Waals surface area contributed by atoms with Crippen LogP contribution in [0.25, 0.3) is 0 Å². The molecule has 0 aromatic heterocycles. The van der Waals surface area contributed by atoms with E-state index in [1.54, 1.807) is 0 Å². The van der Waals surface area contributed by atoms with Gasteiger partial charge in [0.1, 0.15) is 0 Å². The van der Waals surface area contributed by atoms with Crippen molar-refractivity contribution in [1.82, 2.24) is 0 Å². The molecule has 0 radical (unpaired) electrons. The summed E-state index contributed by atoms with van der Waals surface area (Å²) in [6.45, 7) is 2.10. The Morgan fingerprint density at radius 2 is 0.864 bits per heavy atom. The molecule has 3 heteroatoms. The van der Waals surface area contributed by atoms with Crippen molar-refractivity contribution in [1.29, 1.82) is 0 Å². The van der Waals surface area contributed by atoms with Gasteiger partial charge < -0.3 is 0 Å². The van der Waals surface area contributed by atoms with Gasteiger partial charge in [0, 0.05) is 10.0 Å². The summed E-state index contributed by atoms with van der Waals surface area (Å²) < 4.78 is 0. The highest BCUT2D eigenvalue weighted by Gasteiger charge is 2.28. The third-order valence-corrected chi connectivity index (χ3v) is 6.09. The minimum Gasteiger partial charge on any atom is -0.0843 e. The molecule has 3 rings (SSSR count). The van der Waals surface area contributed by atoms with Gasteiger partial charge in [-0.3, -0.25) is 0 Å². The quantitative estimate of drug-likeness (QED) is 0.482. The number of aryl methyl sites for hydroxylation is 1. The van der Waals surface area contributed by atoms with Crippen LogP contribution in [0.3, 0.4) is 0 Å². The second-order valence-corrected chi connectivity index (χ2v) is 7.93. The highest BCUT2D eigenvalue weighted by Crippen LogP contribution is 2.32. The minimum absolute atomic E-state index is 0.157. The van der Waals surface area contributed by atoms with Crippen molar-refractivity contribution in [3.05, 3.63) is 88.4 Å². The molecule has 110 valence electrons. The Labute approximate surface area is 144 Å². The lowest BCUT2D eigenvalue weighted by atomic mass is 10.2. The third-order valence-electron chi connectivity index (χ3n) is 3.36. The van der Waals surface area contributed by atoms with Crippen LogP contribution in [0.5, 0.6) is 0 Å². The lowest BCUT2D eigenvalue weighted by molar-refractivity contribution is 1.30. The fraction of sp³-hybridized carbons (Fsp3) is 0.0526. The zero-order valence-electron chi connectivity index (χ0n) is 12.1. The van der Waals surface area contributed by atoms with Gasteiger partial charge in [0.2, 0.25) is 0 Å². The summed E-state index contributed by atoms with van der Waals surface area (Å²) >= 11 is 12.1. The molecule has 0 aliphatic carbocycles. The van der Waals surface area contributed by atoms with E-state index < -0.39 is 0 Å². The van der Waals surface area contributed by atoms with Gasteiger partial charge in [-0.2, -0.15) is 0 Å². The molecule has 3 aromatic carbocycles. The second-order valence-electron chi connectivity index (χ2n) is 5.03. The molecule has 0 bridgehead atoms. The lowest BCUT2D eigenvalue weighted by Crippen LogP contribution is -2.04. The van der Waals surface area contributed by atoms with Crippen LogP contribution in [-0.4, -0.2) is 0 Å². The Bertz CT molecular complexity index is 639. The van der Waals surface area contributed by atoms with E-state index in [9.17, 15) is 0 Å². The van der Waals surface area contributed by atoms with E-state index in [0.29, 0.717) is 0 Å². The molecule has 3 aromatic rings. The van der Waals surface area contributed by atoms with Crippen LogP contribution in [-0.2, 0) is 10.9 Å². The molecule has 0 nitrogen and oxygen atoms in total. The zero-order chi connectivity index (χ0) is 15.5. The van der Waals surface area contributed by atoms with E-state index in [-0.39, 0.29) is 10.9 Å². The van der Waals surface area contributed by atoms with Gasteiger partial charge in [-0.1, -0.05) is 40.9 Å². The summed E-state index contributed by atoms with van der Waals surface area (Å²) in [4.78, 5) is 3.78. The van der Waals surface area contributed by atoms with E-state index >= 15 is 0 Å². The first-order valence-electron chi connectivity index (χ1n) is 6.95. The van der Waals surface area contributed by atoms with Crippen LogP contribution in [0.1, 0.15) is 5.56 Å². The molecule has 0 fully saturated rings. The Morgan fingerprint density at radius 1 is 0.545 bits per heavy atom. The normalized spacial score (nSPS) is 10.9. The molecular formula is C19H15Cl2S+. The molecule has 0 aliphatic rings. The number of hydrogen-bond acceptors (Lipinski definition) is 0. The van der Waals surface area contributed by atoms with Crippen molar-refractivity contribution in [2.75, 3.05) is 0 Å². The molecule has 0 heterocycles. The first-order chi connectivity index (χ1) is 10.6. The van der Waals surface area contributed by atoms with Gasteiger partial charge in [0.05, 0.1) is 10.9 Å². The number of halogens is 2. The maximum Gasteiger partial charge on any atom is 0.166 e. The number of benzene rings is 3. The largest absolute Gasteiger partial charge is 0.166 e. The zero-order valence-corrected chi connectivity index (χ0v) is 14.4. The Hall–Kier alpha value is -1.41. The van der Waals surface area contributed by atoms with Gasteiger partial charge in [-0.25, -0.2) is 0 Å². The first-order valence-corrected chi connectivity index (χ1v) is 8.94. The fourth-order valence-corrected chi connectivity index (χ4v) is 4.52. The molecule has 0 spiro atoms. The van der Waals surface area contributed by atoms with Crippen molar-refractivity contribution < 1.29 is 0 Å². The van der Waals surface area contributed by atoms with Crippen LogP contribution in [0.15, 0.2) is 87.5 Å². The van der Waals surface area contributed by atoms with Gasteiger partial charge in [0.15, 0.2) is 14.7 Å². The summed E-state index contributed by atoms with van der Waals surface area (Å²) in [5.41, 5.74) is 1.26. The summed E-state index contributed by atoms with van der Waals surface area (Å²) in [6, 6.07) is 24.9. The van der Waals surface area contributed by atoms with Gasteiger partial charge in [-0.15, -0.1) is 0 Å². The average Bonchev–Trinajstić information content (AvgIpc) is 2.53. The van der Waals surface area contributed by atoms with Crippen molar-refractivity contribution in [2.24, 2.45) is 0 Å². The molecule has 0 amide bonds. The Morgan fingerprint density at radius 3 is 1.23 bits per heavy atom. The van der Waals surface area contributed by atoms with Crippen molar-refractivity contribution in [2.45, 2.75) is 21.6 Å². The fourth-order valence-electron chi connectivity index (χ4n) is 2.22. The van der Waals surface area contributed by atoms with Gasteiger partial charge in [-0.05, 0) is 67.6 Å². The smallest absolute Gasteiger partial charge is 0.0843 e. The SMILES string of the molecule is Cc1ccc([S+](c2ccc(Cl)cc2)c2ccc(Cl)cc2)cc1. The van der Waals surface area contributed by atoms with Gasteiger partial charge in [0.25, 0.3) is 0 Å². The van der Waals surface area contributed by atoms with Crippen LogP contribution in [0, 0.1) is 6.92 Å². The van der Waals surface area contributed by atoms with E-state index in [0.717, 1.165) is 10.0 Å². The van der Waals surface area contributed by atoms with Crippen LogP contribution in [0.4, 0.5) is 0 Å². The van der Waals surface area contributed by atoms with Crippen LogP contribution < -0.4 is 0 Å². The summed E-state index contributed by atoms with van der Waals surface area (Å²) in [5, 5.41) is 1.51. The predicted molar refractivity (Wildman–Crippen MR) is 96.2 cm³/mol. The Kier molecular flexibility index (Phi) is 4.77. The highest BCUT2D eigenvalue weighted by molar-refractivity contribution is 7.97. The van der Waals surface area contributed by atoms with Crippen LogP contribution in [0.2, 0.25) is 10.0 Å². The molecule has 0 saturated carbocycles. The van der Waals surface area contributed by atoms with Crippen molar-refractivity contribution >= 4 is 34.1 Å². The predicted octanol–water partition coefficient (Wildman–Crippen LogP) is 6.40. The highest BCUT2D eigenvalue weighted by atomic mass is 35.5. The second kappa shape index (κ2) is 6.78. The molecule has 0 unspecified atom stereocenters. The van der Waals surface area contributed by atoms with Gasteiger partial charge >= 0.3 is 0 Å². The van der Waals surface area contributed by atoms with Crippen LogP contribution >= 0.6 is 23.2 Å². The average molecular weight is 346 g/mol. The molecule has 0 N–H and O–H groups in total. The van der Waals surface area contributed by atoms with E-state index in [1.807, 2.05) is 24.3 Å². The maximum atomic E-state index is 6.04. The van der Waals surface area contributed by atoms with E-state index in [1.165, 1.54) is 20.2 Å². The molecule has 0 saturated heterocycles. The van der Waals surface area contributed by atoms with Crippen molar-refractivity contribution in [3.63, 3.8) is 0 Å². The number of hydrogen-bond donors (Lipinski definition) is 0. The van der Waals surface area contributed by atoms with E-state index in [4.69, 9.17) is 23.2 Å². The summed E-state index contributed by atoms with van der Waals surface area (Å²) in [5.74, 6) is 0. The van der Waals surface area contributed by atoms with E-state index in [2.05, 4.69) is 55.5 Å². The number of rotatable bonds is 3. The third kappa shape index (κ3) is 3.49. The standard InChI is InChI=1S/C19H15Cl2S/c1-14-2-8-17(9-3-14)22(18-10-4-15(20)5-11-18)19-12-6-16(21)7-13-19/h2-13H,1H3/q+1. The monoisotopic (exact) mass is 345 g/mol. The maximum absolute atomic E-state index is 6.04. The molecule has 0 aliphatic heterocycles. The topological polar surface area (TPSA) is 0 Å². The van der Waals surface area contributed by atoms with Crippen molar-refractivity contribution in [3.8, 4) is 0 Å². The molecule has 22 heavy (non-hydrogen) atoms. The lowest BCUT2D eigenvalue weighted by Gasteiger charge is -2.08. The molecular weight excluding hydrogens is 331 g/mol. The first kappa shape index (κ1) is 15.5. The minimum atomic E-state index is -0.157.